The van der Waals surface area contributed by atoms with Crippen molar-refractivity contribution >= 4 is 0 Å². The topological polar surface area (TPSA) is 28.2 Å². The number of hydrogen-bond acceptors (Lipinski definition) is 3. The Hall–Kier alpha value is -0.930. The standard InChI is InChI=1S/C11H17N3/c1-14(11-4-7-13-8-11)9-10-2-5-12-6-3-10/h2-3,5-6,11,13H,4,7-9H2,1H3/t11-/m1/s1. The molecule has 76 valence electrons. The van der Waals surface area contributed by atoms with E-state index in [1.165, 1.54) is 12.0 Å². The van der Waals surface area contributed by atoms with E-state index in [4.69, 9.17) is 0 Å². The molecule has 1 aromatic heterocycles. The van der Waals surface area contributed by atoms with Crippen molar-refractivity contribution in [3.05, 3.63) is 30.1 Å². The van der Waals surface area contributed by atoms with Gasteiger partial charge in [-0.25, -0.2) is 0 Å². The fourth-order valence-electron chi connectivity index (χ4n) is 1.92. The van der Waals surface area contributed by atoms with E-state index in [2.05, 4.69) is 34.4 Å². The van der Waals surface area contributed by atoms with E-state index >= 15 is 0 Å². The van der Waals surface area contributed by atoms with Gasteiger partial charge in [0.1, 0.15) is 0 Å². The summed E-state index contributed by atoms with van der Waals surface area (Å²) < 4.78 is 0. The Bertz CT molecular complexity index is 267. The number of likely N-dealkylation sites (N-methyl/N-ethyl adjacent to an activating group) is 1. The second-order valence-electron chi connectivity index (χ2n) is 3.92. The quantitative estimate of drug-likeness (QED) is 0.768. The Kier molecular flexibility index (Phi) is 3.11. The fraction of sp³-hybridized carbons (Fsp3) is 0.545. The summed E-state index contributed by atoms with van der Waals surface area (Å²) in [7, 11) is 2.19. The molecule has 2 rings (SSSR count). The average Bonchev–Trinajstić information content (AvgIpc) is 2.72. The molecule has 1 aliphatic rings. The second kappa shape index (κ2) is 4.53. The molecular weight excluding hydrogens is 174 g/mol. The Balaban J connectivity index is 1.90. The highest BCUT2D eigenvalue weighted by molar-refractivity contribution is 5.09. The third kappa shape index (κ3) is 2.30. The lowest BCUT2D eigenvalue weighted by Gasteiger charge is -2.23. The van der Waals surface area contributed by atoms with Crippen LogP contribution in [0.4, 0.5) is 0 Å². The number of aromatic nitrogens is 1. The second-order valence-corrected chi connectivity index (χ2v) is 3.92. The normalized spacial score (nSPS) is 21.7. The molecule has 0 unspecified atom stereocenters. The smallest absolute Gasteiger partial charge is 0.0271 e. The van der Waals surface area contributed by atoms with Crippen molar-refractivity contribution in [3.8, 4) is 0 Å². The third-order valence-electron chi connectivity index (χ3n) is 2.84. The van der Waals surface area contributed by atoms with Crippen molar-refractivity contribution in [2.75, 3.05) is 20.1 Å². The first kappa shape index (κ1) is 9.62. The number of nitrogens with zero attached hydrogens (tertiary/aromatic N) is 2. The Morgan fingerprint density at radius 1 is 1.50 bits per heavy atom. The van der Waals surface area contributed by atoms with E-state index in [9.17, 15) is 0 Å². The molecular formula is C11H17N3. The Labute approximate surface area is 85.1 Å². The number of nitrogens with one attached hydrogen (secondary N) is 1. The van der Waals surface area contributed by atoms with Crippen molar-refractivity contribution in [1.29, 1.82) is 0 Å². The van der Waals surface area contributed by atoms with E-state index in [1.54, 1.807) is 0 Å². The van der Waals surface area contributed by atoms with Gasteiger partial charge in [-0.1, -0.05) is 0 Å². The summed E-state index contributed by atoms with van der Waals surface area (Å²) >= 11 is 0. The summed E-state index contributed by atoms with van der Waals surface area (Å²) in [5.41, 5.74) is 1.34. The first-order valence-electron chi connectivity index (χ1n) is 5.16. The minimum Gasteiger partial charge on any atom is -0.315 e. The van der Waals surface area contributed by atoms with Gasteiger partial charge >= 0.3 is 0 Å². The zero-order valence-corrected chi connectivity index (χ0v) is 8.61. The zero-order valence-electron chi connectivity index (χ0n) is 8.61. The Morgan fingerprint density at radius 3 is 2.93 bits per heavy atom. The molecule has 1 aliphatic heterocycles. The molecule has 1 saturated heterocycles. The van der Waals surface area contributed by atoms with Crippen LogP contribution in [0.2, 0.25) is 0 Å². The maximum atomic E-state index is 4.02. The Morgan fingerprint density at radius 2 is 2.29 bits per heavy atom. The van der Waals surface area contributed by atoms with E-state index in [0.29, 0.717) is 6.04 Å². The van der Waals surface area contributed by atoms with Crippen LogP contribution >= 0.6 is 0 Å². The fourth-order valence-corrected chi connectivity index (χ4v) is 1.92. The third-order valence-corrected chi connectivity index (χ3v) is 2.84. The van der Waals surface area contributed by atoms with Crippen LogP contribution in [0.3, 0.4) is 0 Å². The predicted octanol–water partition coefficient (Wildman–Crippen LogP) is 0.875. The molecule has 1 aromatic rings. The minimum absolute atomic E-state index is 0.697. The maximum Gasteiger partial charge on any atom is 0.0271 e. The lowest BCUT2D eigenvalue weighted by molar-refractivity contribution is 0.249. The highest BCUT2D eigenvalue weighted by Gasteiger charge is 2.18. The minimum atomic E-state index is 0.697. The van der Waals surface area contributed by atoms with Crippen LogP contribution in [0.25, 0.3) is 0 Å². The molecule has 0 aromatic carbocycles. The summed E-state index contributed by atoms with van der Waals surface area (Å²) in [5.74, 6) is 0. The SMILES string of the molecule is CN(Cc1ccncc1)[C@@H]1CCNC1. The van der Waals surface area contributed by atoms with Crippen LogP contribution < -0.4 is 5.32 Å². The van der Waals surface area contributed by atoms with Gasteiger partial charge in [0, 0.05) is 31.5 Å². The molecule has 3 heteroatoms. The van der Waals surface area contributed by atoms with Crippen LogP contribution in [-0.2, 0) is 6.54 Å². The van der Waals surface area contributed by atoms with Gasteiger partial charge in [-0.05, 0) is 37.7 Å². The van der Waals surface area contributed by atoms with Crippen LogP contribution in [0.5, 0.6) is 0 Å². The molecule has 1 atom stereocenters. The van der Waals surface area contributed by atoms with Gasteiger partial charge < -0.3 is 5.32 Å². The molecule has 0 aliphatic carbocycles. The van der Waals surface area contributed by atoms with Crippen molar-refractivity contribution in [2.45, 2.75) is 19.0 Å². The van der Waals surface area contributed by atoms with Gasteiger partial charge in [0.25, 0.3) is 0 Å². The first-order valence-corrected chi connectivity index (χ1v) is 5.16. The molecule has 1 fully saturated rings. The number of pyridine rings is 1. The van der Waals surface area contributed by atoms with E-state index < -0.39 is 0 Å². The lowest BCUT2D eigenvalue weighted by atomic mass is 10.2. The molecule has 1 N–H and O–H groups in total. The van der Waals surface area contributed by atoms with Gasteiger partial charge in [0.2, 0.25) is 0 Å². The monoisotopic (exact) mass is 191 g/mol. The largest absolute Gasteiger partial charge is 0.315 e. The lowest BCUT2D eigenvalue weighted by Crippen LogP contribution is -2.32. The van der Waals surface area contributed by atoms with Crippen LogP contribution in [0.1, 0.15) is 12.0 Å². The number of hydrogen-bond donors (Lipinski definition) is 1. The van der Waals surface area contributed by atoms with E-state index in [-0.39, 0.29) is 0 Å². The molecule has 0 saturated carbocycles. The van der Waals surface area contributed by atoms with Gasteiger partial charge in [-0.15, -0.1) is 0 Å². The summed E-state index contributed by atoms with van der Waals surface area (Å²) in [6.45, 7) is 3.31. The molecule has 0 amide bonds. The van der Waals surface area contributed by atoms with Gasteiger partial charge in [-0.2, -0.15) is 0 Å². The molecule has 14 heavy (non-hydrogen) atoms. The number of rotatable bonds is 3. The molecule has 0 radical (unpaired) electrons. The van der Waals surface area contributed by atoms with Crippen molar-refractivity contribution in [3.63, 3.8) is 0 Å². The predicted molar refractivity (Wildman–Crippen MR) is 57.0 cm³/mol. The molecule has 3 nitrogen and oxygen atoms in total. The van der Waals surface area contributed by atoms with Crippen molar-refractivity contribution < 1.29 is 0 Å². The van der Waals surface area contributed by atoms with E-state index in [1.807, 2.05) is 12.4 Å². The van der Waals surface area contributed by atoms with Crippen LogP contribution in [0, 0.1) is 0 Å². The summed E-state index contributed by atoms with van der Waals surface area (Å²) in [5, 5.41) is 3.38. The van der Waals surface area contributed by atoms with Gasteiger partial charge in [0.05, 0.1) is 0 Å². The van der Waals surface area contributed by atoms with Crippen LogP contribution in [0.15, 0.2) is 24.5 Å². The van der Waals surface area contributed by atoms with Crippen molar-refractivity contribution in [2.24, 2.45) is 0 Å². The van der Waals surface area contributed by atoms with Crippen molar-refractivity contribution in [1.82, 2.24) is 15.2 Å². The zero-order chi connectivity index (χ0) is 9.80. The highest BCUT2D eigenvalue weighted by Crippen LogP contribution is 2.10. The van der Waals surface area contributed by atoms with Crippen LogP contribution in [-0.4, -0.2) is 36.1 Å². The molecule has 0 spiro atoms. The summed E-state index contributed by atoms with van der Waals surface area (Å²) in [4.78, 5) is 6.43. The summed E-state index contributed by atoms with van der Waals surface area (Å²) in [6, 6.07) is 4.86. The average molecular weight is 191 g/mol. The summed E-state index contributed by atoms with van der Waals surface area (Å²) in [6.07, 6.45) is 4.98. The van der Waals surface area contributed by atoms with Gasteiger partial charge in [0.15, 0.2) is 0 Å². The highest BCUT2D eigenvalue weighted by atomic mass is 15.2. The maximum absolute atomic E-state index is 4.02. The molecule has 0 bridgehead atoms. The molecule has 2 heterocycles. The van der Waals surface area contributed by atoms with Gasteiger partial charge in [-0.3, -0.25) is 9.88 Å². The first-order chi connectivity index (χ1) is 6.86. The van der Waals surface area contributed by atoms with E-state index in [0.717, 1.165) is 19.6 Å².